The van der Waals surface area contributed by atoms with Gasteiger partial charge in [0.1, 0.15) is 5.69 Å². The van der Waals surface area contributed by atoms with Crippen molar-refractivity contribution in [2.45, 2.75) is 26.8 Å². The zero-order valence-corrected chi connectivity index (χ0v) is 13.7. The first-order valence-electron chi connectivity index (χ1n) is 7.77. The normalized spacial score (nSPS) is 11.3. The maximum absolute atomic E-state index is 12.4. The Kier molecular flexibility index (Phi) is 4.14. The first-order chi connectivity index (χ1) is 11.0. The fraction of sp³-hybridized carbons (Fsp3) is 0.353. The lowest BCUT2D eigenvalue weighted by molar-refractivity contribution is 0.0941. The van der Waals surface area contributed by atoms with Gasteiger partial charge in [0.2, 0.25) is 0 Å². The standard InChI is InChI=1S/C17H21N5O/c1-12(2)8-14-9-16(21(3)20-14)17(23)18-10-13-11-19-22-7-5-4-6-15(13)22/h4-7,9,11-12H,8,10H2,1-3H3,(H,18,23). The van der Waals surface area contributed by atoms with Gasteiger partial charge in [0, 0.05) is 25.4 Å². The zero-order valence-electron chi connectivity index (χ0n) is 13.7. The molecule has 3 rings (SSSR count). The van der Waals surface area contributed by atoms with E-state index in [4.69, 9.17) is 0 Å². The number of aromatic nitrogens is 4. The number of aryl methyl sites for hydroxylation is 1. The lowest BCUT2D eigenvalue weighted by atomic mass is 10.1. The van der Waals surface area contributed by atoms with Crippen molar-refractivity contribution in [2.75, 3.05) is 0 Å². The first kappa shape index (κ1) is 15.3. The lowest BCUT2D eigenvalue weighted by Crippen LogP contribution is -2.25. The van der Waals surface area contributed by atoms with Crippen LogP contribution in [-0.4, -0.2) is 25.3 Å². The van der Waals surface area contributed by atoms with Crippen molar-refractivity contribution in [2.24, 2.45) is 13.0 Å². The number of carbonyl (C=O) groups is 1. The summed E-state index contributed by atoms with van der Waals surface area (Å²) in [7, 11) is 1.80. The van der Waals surface area contributed by atoms with Crippen LogP contribution >= 0.6 is 0 Å². The third kappa shape index (κ3) is 3.26. The minimum Gasteiger partial charge on any atom is -0.346 e. The number of rotatable bonds is 5. The minimum atomic E-state index is -0.120. The molecule has 6 heteroatoms. The summed E-state index contributed by atoms with van der Waals surface area (Å²) in [6, 6.07) is 7.74. The predicted molar refractivity (Wildman–Crippen MR) is 88.1 cm³/mol. The molecule has 1 amide bonds. The van der Waals surface area contributed by atoms with Crippen LogP contribution in [0.25, 0.3) is 5.52 Å². The number of fused-ring (bicyclic) bond motifs is 1. The van der Waals surface area contributed by atoms with E-state index in [0.717, 1.165) is 23.2 Å². The summed E-state index contributed by atoms with van der Waals surface area (Å²) < 4.78 is 3.44. The number of nitrogens with one attached hydrogen (secondary N) is 1. The fourth-order valence-electron chi connectivity index (χ4n) is 2.65. The van der Waals surface area contributed by atoms with Crippen LogP contribution in [0.3, 0.4) is 0 Å². The lowest BCUT2D eigenvalue weighted by Gasteiger charge is -2.04. The van der Waals surface area contributed by atoms with E-state index in [9.17, 15) is 4.79 Å². The topological polar surface area (TPSA) is 64.2 Å². The van der Waals surface area contributed by atoms with Gasteiger partial charge in [-0.2, -0.15) is 10.2 Å². The highest BCUT2D eigenvalue weighted by Gasteiger charge is 2.14. The molecule has 0 fully saturated rings. The Balaban J connectivity index is 1.71. The summed E-state index contributed by atoms with van der Waals surface area (Å²) in [5.74, 6) is 0.393. The molecule has 6 nitrogen and oxygen atoms in total. The second kappa shape index (κ2) is 6.24. The number of nitrogens with zero attached hydrogens (tertiary/aromatic N) is 4. The quantitative estimate of drug-likeness (QED) is 0.785. The Morgan fingerprint density at radius 2 is 2.17 bits per heavy atom. The molecule has 0 atom stereocenters. The molecule has 0 bridgehead atoms. The maximum Gasteiger partial charge on any atom is 0.269 e. The van der Waals surface area contributed by atoms with Crippen molar-refractivity contribution >= 4 is 11.4 Å². The van der Waals surface area contributed by atoms with Gasteiger partial charge in [0.25, 0.3) is 5.91 Å². The molecule has 3 aromatic rings. The molecule has 3 aromatic heterocycles. The van der Waals surface area contributed by atoms with Crippen LogP contribution in [0.15, 0.2) is 36.7 Å². The van der Waals surface area contributed by atoms with E-state index in [-0.39, 0.29) is 5.91 Å². The molecule has 0 unspecified atom stereocenters. The van der Waals surface area contributed by atoms with Gasteiger partial charge < -0.3 is 5.32 Å². The van der Waals surface area contributed by atoms with Crippen molar-refractivity contribution in [3.63, 3.8) is 0 Å². The Morgan fingerprint density at radius 1 is 1.35 bits per heavy atom. The molecule has 0 saturated heterocycles. The Labute approximate surface area is 135 Å². The number of amides is 1. The smallest absolute Gasteiger partial charge is 0.269 e. The van der Waals surface area contributed by atoms with Gasteiger partial charge in [-0.1, -0.05) is 19.9 Å². The van der Waals surface area contributed by atoms with E-state index in [0.29, 0.717) is 18.2 Å². The highest BCUT2D eigenvalue weighted by atomic mass is 16.2. The summed E-state index contributed by atoms with van der Waals surface area (Å²) in [6.45, 7) is 4.72. The van der Waals surface area contributed by atoms with Crippen molar-refractivity contribution in [1.29, 1.82) is 0 Å². The summed E-state index contributed by atoms with van der Waals surface area (Å²) in [5.41, 5.74) is 3.52. The summed E-state index contributed by atoms with van der Waals surface area (Å²) in [4.78, 5) is 12.4. The molecule has 0 saturated carbocycles. The van der Waals surface area contributed by atoms with Crippen molar-refractivity contribution in [3.8, 4) is 0 Å². The Hall–Kier alpha value is -2.63. The number of carbonyl (C=O) groups excluding carboxylic acids is 1. The minimum absolute atomic E-state index is 0.120. The van der Waals surface area contributed by atoms with Gasteiger partial charge in [-0.25, -0.2) is 4.52 Å². The second-order valence-electron chi connectivity index (χ2n) is 6.13. The molecular weight excluding hydrogens is 290 g/mol. The van der Waals surface area contributed by atoms with Gasteiger partial charge in [0.05, 0.1) is 17.4 Å². The molecule has 120 valence electrons. The first-order valence-corrected chi connectivity index (χ1v) is 7.77. The molecule has 3 heterocycles. The average molecular weight is 311 g/mol. The van der Waals surface area contributed by atoms with Crippen LogP contribution in [0.2, 0.25) is 0 Å². The van der Waals surface area contributed by atoms with E-state index in [1.807, 2.05) is 30.5 Å². The van der Waals surface area contributed by atoms with Crippen LogP contribution in [0.4, 0.5) is 0 Å². The molecule has 1 N–H and O–H groups in total. The molecule has 23 heavy (non-hydrogen) atoms. The van der Waals surface area contributed by atoms with Gasteiger partial charge in [-0.15, -0.1) is 0 Å². The number of hydrogen-bond donors (Lipinski definition) is 1. The predicted octanol–water partition coefficient (Wildman–Crippen LogP) is 2.20. The summed E-state index contributed by atoms with van der Waals surface area (Å²) >= 11 is 0. The largest absolute Gasteiger partial charge is 0.346 e. The van der Waals surface area contributed by atoms with E-state index < -0.39 is 0 Å². The van der Waals surface area contributed by atoms with Crippen LogP contribution in [0.1, 0.15) is 35.6 Å². The zero-order chi connectivity index (χ0) is 16.4. The third-order valence-corrected chi connectivity index (χ3v) is 3.73. The van der Waals surface area contributed by atoms with Crippen LogP contribution in [0, 0.1) is 5.92 Å². The Bertz CT molecular complexity index is 830. The number of hydrogen-bond acceptors (Lipinski definition) is 3. The monoisotopic (exact) mass is 311 g/mol. The van der Waals surface area contributed by atoms with E-state index in [1.54, 1.807) is 22.4 Å². The van der Waals surface area contributed by atoms with E-state index in [2.05, 4.69) is 29.4 Å². The van der Waals surface area contributed by atoms with Crippen molar-refractivity contribution < 1.29 is 4.79 Å². The molecular formula is C17H21N5O. The fourth-order valence-corrected chi connectivity index (χ4v) is 2.65. The highest BCUT2D eigenvalue weighted by molar-refractivity contribution is 5.92. The molecule has 0 spiro atoms. The van der Waals surface area contributed by atoms with Gasteiger partial charge in [0.15, 0.2) is 0 Å². The summed E-state index contributed by atoms with van der Waals surface area (Å²) in [5, 5.41) is 11.6. The van der Waals surface area contributed by atoms with Crippen LogP contribution in [0.5, 0.6) is 0 Å². The summed E-state index contributed by atoms with van der Waals surface area (Å²) in [6.07, 6.45) is 4.54. The molecule has 0 aliphatic rings. The van der Waals surface area contributed by atoms with Gasteiger partial charge in [-0.05, 0) is 30.5 Å². The average Bonchev–Trinajstić information content (AvgIpc) is 3.08. The molecule has 0 aromatic carbocycles. The third-order valence-electron chi connectivity index (χ3n) is 3.73. The molecule has 0 aliphatic carbocycles. The van der Waals surface area contributed by atoms with E-state index in [1.165, 1.54) is 0 Å². The SMILES string of the molecule is CC(C)Cc1cc(C(=O)NCc2cnn3ccccc23)n(C)n1. The molecule has 0 radical (unpaired) electrons. The van der Waals surface area contributed by atoms with Crippen molar-refractivity contribution in [1.82, 2.24) is 24.7 Å². The van der Waals surface area contributed by atoms with Crippen LogP contribution in [-0.2, 0) is 20.0 Å². The molecule has 0 aliphatic heterocycles. The van der Waals surface area contributed by atoms with E-state index >= 15 is 0 Å². The Morgan fingerprint density at radius 3 is 2.96 bits per heavy atom. The maximum atomic E-state index is 12.4. The highest BCUT2D eigenvalue weighted by Crippen LogP contribution is 2.11. The second-order valence-corrected chi connectivity index (χ2v) is 6.13. The van der Waals surface area contributed by atoms with Crippen molar-refractivity contribution in [3.05, 3.63) is 53.6 Å². The number of pyridine rings is 1. The van der Waals surface area contributed by atoms with Crippen LogP contribution < -0.4 is 5.32 Å². The van der Waals surface area contributed by atoms with Gasteiger partial charge in [-0.3, -0.25) is 9.48 Å². The van der Waals surface area contributed by atoms with Gasteiger partial charge >= 0.3 is 0 Å².